The molecule has 2 aromatic carbocycles. The van der Waals surface area contributed by atoms with Gasteiger partial charge in [-0.2, -0.15) is 0 Å². The number of benzene rings is 2. The smallest absolute Gasteiger partial charge is 0.338 e. The number of rotatable bonds is 5. The van der Waals surface area contributed by atoms with Crippen LogP contribution in [0.15, 0.2) is 48.5 Å². The van der Waals surface area contributed by atoms with Gasteiger partial charge in [-0.3, -0.25) is 9.59 Å². The summed E-state index contributed by atoms with van der Waals surface area (Å²) in [6.07, 6.45) is -1.00. The molecule has 1 atom stereocenters. The fourth-order valence-electron chi connectivity index (χ4n) is 1.91. The quantitative estimate of drug-likeness (QED) is 0.651. The van der Waals surface area contributed by atoms with E-state index in [-0.39, 0.29) is 17.1 Å². The average molecular weight is 327 g/mol. The van der Waals surface area contributed by atoms with Gasteiger partial charge in [0.05, 0.1) is 5.56 Å². The maximum atomic E-state index is 12.1. The van der Waals surface area contributed by atoms with E-state index in [0.717, 1.165) is 0 Å². The fraction of sp³-hybridized carbons (Fsp3) is 0.167. The van der Waals surface area contributed by atoms with Crippen LogP contribution in [0.25, 0.3) is 0 Å². The van der Waals surface area contributed by atoms with Gasteiger partial charge in [-0.1, -0.05) is 0 Å². The number of carbonyl (C=O) groups is 3. The molecule has 0 fully saturated rings. The summed E-state index contributed by atoms with van der Waals surface area (Å²) in [6, 6.07) is 11.9. The summed E-state index contributed by atoms with van der Waals surface area (Å²) in [7, 11) is 0. The average Bonchev–Trinajstić information content (AvgIpc) is 2.55. The summed E-state index contributed by atoms with van der Waals surface area (Å²) in [5, 5.41) is 11.8. The Balaban J connectivity index is 1.95. The normalized spacial score (nSPS) is 11.4. The Morgan fingerprint density at radius 1 is 0.958 bits per heavy atom. The van der Waals surface area contributed by atoms with Crippen LogP contribution >= 0.6 is 0 Å². The number of anilines is 1. The van der Waals surface area contributed by atoms with Crippen LogP contribution in [0.1, 0.15) is 34.6 Å². The molecule has 24 heavy (non-hydrogen) atoms. The molecule has 0 saturated carbocycles. The predicted molar refractivity (Wildman–Crippen MR) is 88.1 cm³/mol. The van der Waals surface area contributed by atoms with E-state index in [0.29, 0.717) is 11.3 Å². The third kappa shape index (κ3) is 4.42. The lowest BCUT2D eigenvalue weighted by Crippen LogP contribution is -2.30. The minimum Gasteiger partial charge on any atom is -0.508 e. The first-order chi connectivity index (χ1) is 11.4. The van der Waals surface area contributed by atoms with Gasteiger partial charge in [0.25, 0.3) is 5.91 Å². The molecule has 0 aromatic heterocycles. The van der Waals surface area contributed by atoms with E-state index in [1.54, 1.807) is 24.3 Å². The highest BCUT2D eigenvalue weighted by molar-refractivity contribution is 5.98. The molecule has 0 saturated heterocycles. The van der Waals surface area contributed by atoms with E-state index in [2.05, 4.69) is 5.32 Å². The number of Topliss-reactive ketones (excluding diaryl/α,β-unsaturated/α-hetero) is 1. The lowest BCUT2D eigenvalue weighted by atomic mass is 10.1. The van der Waals surface area contributed by atoms with Crippen LogP contribution in [0.5, 0.6) is 5.75 Å². The Morgan fingerprint density at radius 3 is 2.04 bits per heavy atom. The number of amides is 1. The number of carbonyl (C=O) groups excluding carboxylic acids is 3. The lowest BCUT2D eigenvalue weighted by Gasteiger charge is -2.13. The minimum atomic E-state index is -1.00. The van der Waals surface area contributed by atoms with Crippen LogP contribution in [0.4, 0.5) is 5.69 Å². The van der Waals surface area contributed by atoms with Gasteiger partial charge in [0, 0.05) is 11.3 Å². The van der Waals surface area contributed by atoms with Crippen LogP contribution in [0.3, 0.4) is 0 Å². The largest absolute Gasteiger partial charge is 0.508 e. The third-order valence-electron chi connectivity index (χ3n) is 3.32. The van der Waals surface area contributed by atoms with E-state index in [4.69, 9.17) is 4.74 Å². The summed E-state index contributed by atoms with van der Waals surface area (Å²) < 4.78 is 5.09. The van der Waals surface area contributed by atoms with Crippen molar-refractivity contribution in [2.24, 2.45) is 0 Å². The highest BCUT2D eigenvalue weighted by atomic mass is 16.5. The molecule has 0 aliphatic heterocycles. The topological polar surface area (TPSA) is 92.7 Å². The Kier molecular flexibility index (Phi) is 5.31. The van der Waals surface area contributed by atoms with Crippen LogP contribution in [0, 0.1) is 0 Å². The molecular formula is C18H17NO5. The number of phenolic OH excluding ortho intramolecular Hbond substituents is 1. The number of ketones is 1. The molecule has 1 amide bonds. The monoisotopic (exact) mass is 327 g/mol. The van der Waals surface area contributed by atoms with E-state index >= 15 is 0 Å². The van der Waals surface area contributed by atoms with Crippen molar-refractivity contribution in [3.63, 3.8) is 0 Å². The van der Waals surface area contributed by atoms with E-state index in [1.807, 2.05) is 0 Å². The summed E-state index contributed by atoms with van der Waals surface area (Å²) >= 11 is 0. The molecule has 0 unspecified atom stereocenters. The number of esters is 1. The summed E-state index contributed by atoms with van der Waals surface area (Å²) in [4.78, 5) is 35.2. The van der Waals surface area contributed by atoms with Crippen LogP contribution in [-0.4, -0.2) is 28.9 Å². The van der Waals surface area contributed by atoms with Crippen LogP contribution in [-0.2, 0) is 9.53 Å². The fourth-order valence-corrected chi connectivity index (χ4v) is 1.91. The Hall–Kier alpha value is -3.15. The van der Waals surface area contributed by atoms with Crippen molar-refractivity contribution in [2.75, 3.05) is 5.32 Å². The zero-order chi connectivity index (χ0) is 17.7. The number of nitrogens with one attached hydrogen (secondary N) is 1. The van der Waals surface area contributed by atoms with Crippen molar-refractivity contribution in [2.45, 2.75) is 20.0 Å². The van der Waals surface area contributed by atoms with Crippen molar-refractivity contribution < 1.29 is 24.2 Å². The zero-order valence-electron chi connectivity index (χ0n) is 13.3. The molecule has 2 aromatic rings. The second-order valence-corrected chi connectivity index (χ2v) is 5.22. The molecule has 2 N–H and O–H groups in total. The maximum absolute atomic E-state index is 12.1. The van der Waals surface area contributed by atoms with Gasteiger partial charge in [-0.05, 0) is 62.4 Å². The SMILES string of the molecule is CC(=O)c1ccc(NC(=O)[C@H](C)OC(=O)c2ccc(O)cc2)cc1. The van der Waals surface area contributed by atoms with Crippen molar-refractivity contribution in [3.8, 4) is 5.75 Å². The molecule has 0 aliphatic rings. The summed E-state index contributed by atoms with van der Waals surface area (Å²) in [6.45, 7) is 2.91. The molecule has 6 nitrogen and oxygen atoms in total. The van der Waals surface area contributed by atoms with Crippen molar-refractivity contribution >= 4 is 23.3 Å². The van der Waals surface area contributed by atoms with Crippen molar-refractivity contribution in [1.82, 2.24) is 0 Å². The first kappa shape index (κ1) is 17.2. The Labute approximate surface area is 139 Å². The molecule has 0 heterocycles. The van der Waals surface area contributed by atoms with E-state index < -0.39 is 18.0 Å². The lowest BCUT2D eigenvalue weighted by molar-refractivity contribution is -0.123. The van der Waals surface area contributed by atoms with Gasteiger partial charge in [0.15, 0.2) is 11.9 Å². The maximum Gasteiger partial charge on any atom is 0.338 e. The summed E-state index contributed by atoms with van der Waals surface area (Å²) in [5.41, 5.74) is 1.27. The predicted octanol–water partition coefficient (Wildman–Crippen LogP) is 2.78. The Bertz CT molecular complexity index is 750. The summed E-state index contributed by atoms with van der Waals surface area (Å²) in [5.74, 6) is -1.18. The number of hydrogen-bond acceptors (Lipinski definition) is 5. The van der Waals surface area contributed by atoms with Gasteiger partial charge >= 0.3 is 5.97 Å². The molecule has 6 heteroatoms. The standard InChI is InChI=1S/C18H17NO5/c1-11(20)13-3-7-15(8-4-13)19-17(22)12(2)24-18(23)14-5-9-16(21)10-6-14/h3-10,12,21H,1-2H3,(H,19,22)/t12-/m0/s1. The third-order valence-corrected chi connectivity index (χ3v) is 3.32. The first-order valence-electron chi connectivity index (χ1n) is 7.28. The second kappa shape index (κ2) is 7.41. The van der Waals surface area contributed by atoms with Gasteiger partial charge in [-0.15, -0.1) is 0 Å². The highest BCUT2D eigenvalue weighted by Gasteiger charge is 2.19. The second-order valence-electron chi connectivity index (χ2n) is 5.22. The van der Waals surface area contributed by atoms with Gasteiger partial charge < -0.3 is 15.2 Å². The first-order valence-corrected chi connectivity index (χ1v) is 7.28. The highest BCUT2D eigenvalue weighted by Crippen LogP contribution is 2.13. The minimum absolute atomic E-state index is 0.0337. The number of ether oxygens (including phenoxy) is 1. The molecule has 0 aliphatic carbocycles. The van der Waals surface area contributed by atoms with Crippen molar-refractivity contribution in [3.05, 3.63) is 59.7 Å². The molecule has 0 spiro atoms. The van der Waals surface area contributed by atoms with Crippen LogP contribution in [0.2, 0.25) is 0 Å². The van der Waals surface area contributed by atoms with Crippen molar-refractivity contribution in [1.29, 1.82) is 0 Å². The van der Waals surface area contributed by atoms with Gasteiger partial charge in [-0.25, -0.2) is 4.79 Å². The number of hydrogen-bond donors (Lipinski definition) is 2. The number of aromatic hydroxyl groups is 1. The number of phenols is 1. The van der Waals surface area contributed by atoms with Gasteiger partial charge in [0.1, 0.15) is 5.75 Å². The van der Waals surface area contributed by atoms with Gasteiger partial charge in [0.2, 0.25) is 0 Å². The molecule has 124 valence electrons. The van der Waals surface area contributed by atoms with Crippen LogP contribution < -0.4 is 5.32 Å². The van der Waals surface area contributed by atoms with E-state index in [1.165, 1.54) is 38.1 Å². The Morgan fingerprint density at radius 2 is 1.50 bits per heavy atom. The molecule has 2 rings (SSSR count). The zero-order valence-corrected chi connectivity index (χ0v) is 13.3. The molecule has 0 bridgehead atoms. The molecule has 0 radical (unpaired) electrons. The van der Waals surface area contributed by atoms with E-state index in [9.17, 15) is 19.5 Å². The molecular weight excluding hydrogens is 310 g/mol.